The predicted molar refractivity (Wildman–Crippen MR) is 69.4 cm³/mol. The summed E-state index contributed by atoms with van der Waals surface area (Å²) in [5.41, 5.74) is 0.598. The SMILES string of the molecule is N#Cc1ccc(Sc2cccc(F)c2)c(Br)c1. The molecule has 0 saturated heterocycles. The van der Waals surface area contributed by atoms with E-state index in [2.05, 4.69) is 22.0 Å². The first-order valence-electron chi connectivity index (χ1n) is 4.82. The first-order chi connectivity index (χ1) is 8.19. The lowest BCUT2D eigenvalue weighted by Gasteiger charge is -2.04. The average Bonchev–Trinajstić information content (AvgIpc) is 2.32. The van der Waals surface area contributed by atoms with E-state index < -0.39 is 0 Å². The van der Waals surface area contributed by atoms with Crippen LogP contribution in [0.3, 0.4) is 0 Å². The van der Waals surface area contributed by atoms with Crippen LogP contribution in [0.2, 0.25) is 0 Å². The van der Waals surface area contributed by atoms with Gasteiger partial charge in [-0.2, -0.15) is 5.26 Å². The Balaban J connectivity index is 2.28. The molecule has 0 amide bonds. The van der Waals surface area contributed by atoms with Crippen molar-refractivity contribution in [3.05, 3.63) is 58.3 Å². The maximum absolute atomic E-state index is 13.0. The fourth-order valence-corrected chi connectivity index (χ4v) is 2.80. The summed E-state index contributed by atoms with van der Waals surface area (Å²) in [5, 5.41) is 8.75. The molecule has 4 heteroatoms. The van der Waals surface area contributed by atoms with Crippen LogP contribution in [-0.4, -0.2) is 0 Å². The highest BCUT2D eigenvalue weighted by Gasteiger charge is 2.04. The van der Waals surface area contributed by atoms with Crippen molar-refractivity contribution in [3.8, 4) is 6.07 Å². The highest BCUT2D eigenvalue weighted by atomic mass is 79.9. The second-order valence-corrected chi connectivity index (χ2v) is 5.29. The molecule has 2 aromatic carbocycles. The zero-order chi connectivity index (χ0) is 12.3. The van der Waals surface area contributed by atoms with Crippen molar-refractivity contribution >= 4 is 27.7 Å². The molecule has 0 atom stereocenters. The molecule has 2 aromatic rings. The van der Waals surface area contributed by atoms with Crippen LogP contribution < -0.4 is 0 Å². The third-order valence-electron chi connectivity index (χ3n) is 2.08. The van der Waals surface area contributed by atoms with Crippen molar-refractivity contribution in [2.45, 2.75) is 9.79 Å². The molecule has 0 radical (unpaired) electrons. The zero-order valence-electron chi connectivity index (χ0n) is 8.65. The van der Waals surface area contributed by atoms with E-state index in [1.807, 2.05) is 12.1 Å². The number of hydrogen-bond acceptors (Lipinski definition) is 2. The fraction of sp³-hybridized carbons (Fsp3) is 0. The minimum absolute atomic E-state index is 0.250. The fourth-order valence-electron chi connectivity index (χ4n) is 1.31. The lowest BCUT2D eigenvalue weighted by atomic mass is 10.2. The van der Waals surface area contributed by atoms with E-state index in [0.717, 1.165) is 14.3 Å². The number of nitriles is 1. The summed E-state index contributed by atoms with van der Waals surface area (Å²) >= 11 is 4.85. The first kappa shape index (κ1) is 12.2. The third kappa shape index (κ3) is 3.09. The Hall–Kier alpha value is -1.31. The van der Waals surface area contributed by atoms with Gasteiger partial charge in [-0.3, -0.25) is 0 Å². The van der Waals surface area contributed by atoms with Crippen LogP contribution in [0.15, 0.2) is 56.7 Å². The normalized spacial score (nSPS) is 9.94. The largest absolute Gasteiger partial charge is 0.207 e. The van der Waals surface area contributed by atoms with Crippen molar-refractivity contribution in [1.29, 1.82) is 5.26 Å². The van der Waals surface area contributed by atoms with E-state index in [1.165, 1.54) is 23.9 Å². The Morgan fingerprint density at radius 2 is 2.00 bits per heavy atom. The van der Waals surface area contributed by atoms with Crippen LogP contribution in [0.25, 0.3) is 0 Å². The smallest absolute Gasteiger partial charge is 0.124 e. The van der Waals surface area contributed by atoms with E-state index in [9.17, 15) is 4.39 Å². The van der Waals surface area contributed by atoms with Gasteiger partial charge in [0.15, 0.2) is 0 Å². The minimum atomic E-state index is -0.250. The highest BCUT2D eigenvalue weighted by molar-refractivity contribution is 9.10. The number of hydrogen-bond donors (Lipinski definition) is 0. The second-order valence-electron chi connectivity index (χ2n) is 3.32. The molecule has 17 heavy (non-hydrogen) atoms. The molecule has 0 N–H and O–H groups in total. The van der Waals surface area contributed by atoms with Gasteiger partial charge in [-0.15, -0.1) is 0 Å². The molecule has 0 spiro atoms. The van der Waals surface area contributed by atoms with Crippen LogP contribution in [0.5, 0.6) is 0 Å². The van der Waals surface area contributed by atoms with Crippen molar-refractivity contribution in [2.75, 3.05) is 0 Å². The number of halogens is 2. The molecule has 84 valence electrons. The molecule has 0 unspecified atom stereocenters. The predicted octanol–water partition coefficient (Wildman–Crippen LogP) is 4.61. The van der Waals surface area contributed by atoms with Gasteiger partial charge in [0.05, 0.1) is 11.6 Å². The van der Waals surface area contributed by atoms with E-state index in [4.69, 9.17) is 5.26 Å². The minimum Gasteiger partial charge on any atom is -0.207 e. The summed E-state index contributed by atoms with van der Waals surface area (Å²) in [5.74, 6) is -0.250. The Bertz CT molecular complexity index is 592. The van der Waals surface area contributed by atoms with Gasteiger partial charge < -0.3 is 0 Å². The van der Waals surface area contributed by atoms with Gasteiger partial charge >= 0.3 is 0 Å². The maximum atomic E-state index is 13.0. The molecule has 0 aliphatic rings. The number of benzene rings is 2. The zero-order valence-corrected chi connectivity index (χ0v) is 11.1. The molecule has 1 nitrogen and oxygen atoms in total. The van der Waals surface area contributed by atoms with Gasteiger partial charge in [0.2, 0.25) is 0 Å². The van der Waals surface area contributed by atoms with Gasteiger partial charge in [-0.1, -0.05) is 17.8 Å². The van der Waals surface area contributed by atoms with E-state index in [0.29, 0.717) is 5.56 Å². The Labute approximate surface area is 111 Å². The summed E-state index contributed by atoms with van der Waals surface area (Å²) < 4.78 is 13.9. The molecule has 0 fully saturated rings. The topological polar surface area (TPSA) is 23.8 Å². The summed E-state index contributed by atoms with van der Waals surface area (Å²) in [6, 6.07) is 13.8. The lowest BCUT2D eigenvalue weighted by molar-refractivity contribution is 0.624. The standard InChI is InChI=1S/C13H7BrFNS/c14-12-6-9(8-16)4-5-13(12)17-11-3-1-2-10(15)7-11/h1-7H. The van der Waals surface area contributed by atoms with Gasteiger partial charge in [-0.05, 0) is 52.3 Å². The molecule has 2 rings (SSSR count). The van der Waals surface area contributed by atoms with E-state index in [-0.39, 0.29) is 5.82 Å². The van der Waals surface area contributed by atoms with Crippen LogP contribution >= 0.6 is 27.7 Å². The molecule has 0 saturated carbocycles. The molecule has 0 aliphatic heterocycles. The van der Waals surface area contributed by atoms with E-state index >= 15 is 0 Å². The Morgan fingerprint density at radius 1 is 1.18 bits per heavy atom. The van der Waals surface area contributed by atoms with Gasteiger partial charge in [-0.25, -0.2) is 4.39 Å². The van der Waals surface area contributed by atoms with Crippen LogP contribution in [0.1, 0.15) is 5.56 Å². The molecule has 0 bridgehead atoms. The number of rotatable bonds is 2. The highest BCUT2D eigenvalue weighted by Crippen LogP contribution is 2.34. The molecular formula is C13H7BrFNS. The molecule has 0 aromatic heterocycles. The van der Waals surface area contributed by atoms with Crippen LogP contribution in [0, 0.1) is 17.1 Å². The van der Waals surface area contributed by atoms with Crippen molar-refractivity contribution in [2.24, 2.45) is 0 Å². The maximum Gasteiger partial charge on any atom is 0.124 e. The van der Waals surface area contributed by atoms with Crippen molar-refractivity contribution in [3.63, 3.8) is 0 Å². The Morgan fingerprint density at radius 3 is 2.65 bits per heavy atom. The third-order valence-corrected chi connectivity index (χ3v) is 4.07. The van der Waals surface area contributed by atoms with Crippen molar-refractivity contribution in [1.82, 2.24) is 0 Å². The first-order valence-corrected chi connectivity index (χ1v) is 6.43. The van der Waals surface area contributed by atoms with Crippen LogP contribution in [-0.2, 0) is 0 Å². The summed E-state index contributed by atoms with van der Waals surface area (Å²) in [6.07, 6.45) is 0. The monoisotopic (exact) mass is 307 g/mol. The molecule has 0 heterocycles. The second kappa shape index (κ2) is 5.35. The lowest BCUT2D eigenvalue weighted by Crippen LogP contribution is -1.80. The summed E-state index contributed by atoms with van der Waals surface area (Å²) in [6.45, 7) is 0. The Kier molecular flexibility index (Phi) is 3.82. The van der Waals surface area contributed by atoms with Gasteiger partial charge in [0, 0.05) is 14.3 Å². The van der Waals surface area contributed by atoms with Gasteiger partial charge in [0.25, 0.3) is 0 Å². The quantitative estimate of drug-likeness (QED) is 0.809. The molecule has 0 aliphatic carbocycles. The molecular weight excluding hydrogens is 301 g/mol. The van der Waals surface area contributed by atoms with Crippen molar-refractivity contribution < 1.29 is 4.39 Å². The number of nitrogens with zero attached hydrogens (tertiary/aromatic N) is 1. The van der Waals surface area contributed by atoms with E-state index in [1.54, 1.807) is 18.2 Å². The average molecular weight is 308 g/mol. The van der Waals surface area contributed by atoms with Crippen LogP contribution in [0.4, 0.5) is 4.39 Å². The summed E-state index contributed by atoms with van der Waals surface area (Å²) in [4.78, 5) is 1.78. The summed E-state index contributed by atoms with van der Waals surface area (Å²) in [7, 11) is 0. The van der Waals surface area contributed by atoms with Gasteiger partial charge in [0.1, 0.15) is 5.82 Å².